The summed E-state index contributed by atoms with van der Waals surface area (Å²) in [5.41, 5.74) is 7.92. The van der Waals surface area contributed by atoms with E-state index in [0.29, 0.717) is 34.3 Å². The number of carbonyl (C=O) groups excluding carboxylic acids is 4. The second-order valence-corrected chi connectivity index (χ2v) is 19.5. The van der Waals surface area contributed by atoms with Gasteiger partial charge in [0.2, 0.25) is 0 Å². The van der Waals surface area contributed by atoms with E-state index >= 15 is 0 Å². The van der Waals surface area contributed by atoms with Crippen LogP contribution in [-0.2, 0) is 35.9 Å². The van der Waals surface area contributed by atoms with Gasteiger partial charge in [-0.05, 0) is 147 Å². The lowest BCUT2D eigenvalue weighted by Crippen LogP contribution is -2.32. The van der Waals surface area contributed by atoms with Crippen molar-refractivity contribution in [3.63, 3.8) is 0 Å². The van der Waals surface area contributed by atoms with Crippen LogP contribution in [0.3, 0.4) is 0 Å². The average molecular weight is 897 g/mol. The largest absolute Gasteiger partial charge is 0.444 e. The highest BCUT2D eigenvalue weighted by Gasteiger charge is 2.24. The lowest BCUT2D eigenvalue weighted by molar-refractivity contribution is 0.0624. The van der Waals surface area contributed by atoms with E-state index in [9.17, 15) is 19.2 Å². The molecule has 12 heteroatoms. The molecule has 2 aliphatic rings. The second-order valence-electron chi connectivity index (χ2n) is 19.5. The standard InChI is InChI=1S/C30H38N4O3.C24H30N2O3/c1-21-26(19-33(5)32-21)20-34-16-14-23(15-17-34)22-10-12-24(13-11-22)28(35)18-25-8-6-7-9-27(25)31-29(36)37-30(2,3)4;1-24(2,3)29-23(28)26-21-7-5-4-6-20(21)16-22(27)19-10-8-17(9-11-19)18-12-14-25-15-13-18/h6-13,19,23H,14-18,20H2,1-5H3,(H,31,36);4-11,18,25H,12-16H2,1-3H3,(H,26,28). The van der Waals surface area contributed by atoms with Gasteiger partial charge in [0.1, 0.15) is 11.2 Å². The third-order valence-corrected chi connectivity index (χ3v) is 11.9. The number of ether oxygens (including phenoxy) is 2. The van der Waals surface area contributed by atoms with Gasteiger partial charge in [-0.2, -0.15) is 5.10 Å². The molecular weight excluding hydrogens is 829 g/mol. The summed E-state index contributed by atoms with van der Waals surface area (Å²) in [6, 6.07) is 30.8. The fourth-order valence-corrected chi connectivity index (χ4v) is 8.48. The number of aryl methyl sites for hydroxylation is 2. The van der Waals surface area contributed by atoms with Crippen LogP contribution in [0.25, 0.3) is 0 Å². The summed E-state index contributed by atoms with van der Waals surface area (Å²) >= 11 is 0. The number of carbonyl (C=O) groups is 4. The molecule has 3 N–H and O–H groups in total. The van der Waals surface area contributed by atoms with Crippen LogP contribution in [0.5, 0.6) is 0 Å². The van der Waals surface area contributed by atoms with Gasteiger partial charge in [0.15, 0.2) is 11.6 Å². The highest BCUT2D eigenvalue weighted by atomic mass is 16.6. The number of ketones is 2. The number of nitrogens with zero attached hydrogens (tertiary/aromatic N) is 3. The molecule has 0 saturated carbocycles. The van der Waals surface area contributed by atoms with E-state index in [-0.39, 0.29) is 24.4 Å². The van der Waals surface area contributed by atoms with Gasteiger partial charge in [0.05, 0.1) is 5.69 Å². The van der Waals surface area contributed by atoms with Crippen molar-refractivity contribution in [1.29, 1.82) is 0 Å². The monoisotopic (exact) mass is 897 g/mol. The fraction of sp³-hybridized carbons (Fsp3) is 0.426. The van der Waals surface area contributed by atoms with E-state index in [1.54, 1.807) is 12.1 Å². The first-order valence-corrected chi connectivity index (χ1v) is 23.2. The molecule has 3 heterocycles. The van der Waals surface area contributed by atoms with Crippen molar-refractivity contribution in [3.8, 4) is 0 Å². The first-order chi connectivity index (χ1) is 31.4. The van der Waals surface area contributed by atoms with Crippen LogP contribution in [0.2, 0.25) is 0 Å². The Hall–Kier alpha value is -6.11. The van der Waals surface area contributed by atoms with Gasteiger partial charge in [0.25, 0.3) is 0 Å². The first-order valence-electron chi connectivity index (χ1n) is 23.2. The summed E-state index contributed by atoms with van der Waals surface area (Å²) < 4.78 is 12.6. The van der Waals surface area contributed by atoms with Crippen LogP contribution in [0.15, 0.2) is 103 Å². The van der Waals surface area contributed by atoms with Crippen molar-refractivity contribution < 1.29 is 28.7 Å². The molecule has 66 heavy (non-hydrogen) atoms. The lowest BCUT2D eigenvalue weighted by atomic mass is 9.88. The van der Waals surface area contributed by atoms with E-state index in [1.807, 2.05) is 114 Å². The zero-order valence-corrected chi connectivity index (χ0v) is 40.0. The molecule has 0 spiro atoms. The van der Waals surface area contributed by atoms with Gasteiger partial charge in [-0.1, -0.05) is 84.9 Å². The number of para-hydroxylation sites is 2. The smallest absolute Gasteiger partial charge is 0.412 e. The minimum Gasteiger partial charge on any atom is -0.444 e. The van der Waals surface area contributed by atoms with Gasteiger partial charge < -0.3 is 14.8 Å². The van der Waals surface area contributed by atoms with E-state index < -0.39 is 23.4 Å². The van der Waals surface area contributed by atoms with E-state index in [2.05, 4.69) is 63.3 Å². The second kappa shape index (κ2) is 22.4. The molecule has 2 saturated heterocycles. The Bertz CT molecular complexity index is 2410. The Balaban J connectivity index is 0.000000225. The molecular formula is C54H68N6O6. The number of anilines is 2. The van der Waals surface area contributed by atoms with Crippen LogP contribution in [-0.4, -0.2) is 75.8 Å². The number of rotatable bonds is 12. The normalized spacial score (nSPS) is 15.0. The maximum atomic E-state index is 13.1. The molecule has 0 radical (unpaired) electrons. The Kier molecular flexibility index (Phi) is 16.7. The quantitative estimate of drug-likeness (QED) is 0.104. The van der Waals surface area contributed by atoms with Gasteiger partial charge in [-0.25, -0.2) is 9.59 Å². The summed E-state index contributed by atoms with van der Waals surface area (Å²) in [5.74, 6) is 1.13. The van der Waals surface area contributed by atoms with Gasteiger partial charge in [0, 0.05) is 60.7 Å². The minimum atomic E-state index is -0.592. The van der Waals surface area contributed by atoms with Crippen molar-refractivity contribution in [2.45, 2.75) is 117 Å². The van der Waals surface area contributed by atoms with Crippen LogP contribution >= 0.6 is 0 Å². The van der Waals surface area contributed by atoms with Crippen LogP contribution in [0.1, 0.15) is 133 Å². The average Bonchev–Trinajstić information content (AvgIpc) is 3.59. The molecule has 1 aromatic heterocycles. The van der Waals surface area contributed by atoms with Crippen molar-refractivity contribution in [3.05, 3.63) is 148 Å². The Morgan fingerprint density at radius 2 is 1.05 bits per heavy atom. The number of hydrogen-bond donors (Lipinski definition) is 3. The lowest BCUT2D eigenvalue weighted by Gasteiger charge is -2.32. The van der Waals surface area contributed by atoms with Crippen LogP contribution < -0.4 is 16.0 Å². The number of aromatic nitrogens is 2. The molecule has 7 rings (SSSR count). The predicted octanol–water partition coefficient (Wildman–Crippen LogP) is 10.8. The Labute approximate surface area is 390 Å². The van der Waals surface area contributed by atoms with E-state index in [4.69, 9.17) is 9.47 Å². The van der Waals surface area contributed by atoms with Crippen LogP contribution in [0.4, 0.5) is 21.0 Å². The van der Waals surface area contributed by atoms with Crippen molar-refractivity contribution >= 4 is 35.1 Å². The van der Waals surface area contributed by atoms with Crippen molar-refractivity contribution in [1.82, 2.24) is 20.0 Å². The molecule has 5 aromatic rings. The zero-order valence-electron chi connectivity index (χ0n) is 40.0. The zero-order chi connectivity index (χ0) is 47.4. The van der Waals surface area contributed by atoms with E-state index in [1.165, 1.54) is 16.7 Å². The fourth-order valence-electron chi connectivity index (χ4n) is 8.48. The first kappa shape index (κ1) is 49.3. The summed E-state index contributed by atoms with van der Waals surface area (Å²) in [6.45, 7) is 18.1. The van der Waals surface area contributed by atoms with Crippen LogP contribution in [0, 0.1) is 6.92 Å². The molecule has 0 atom stereocenters. The third-order valence-electron chi connectivity index (χ3n) is 11.9. The highest BCUT2D eigenvalue weighted by Crippen LogP contribution is 2.30. The summed E-state index contributed by atoms with van der Waals surface area (Å²) in [7, 11) is 1.97. The van der Waals surface area contributed by atoms with E-state index in [0.717, 1.165) is 75.2 Å². The molecule has 4 aromatic carbocycles. The number of benzene rings is 4. The number of nitrogens with one attached hydrogen (secondary N) is 3. The van der Waals surface area contributed by atoms with Gasteiger partial charge >= 0.3 is 12.2 Å². The number of hydrogen-bond acceptors (Lipinski definition) is 9. The number of likely N-dealkylation sites (tertiary alicyclic amines) is 1. The third kappa shape index (κ3) is 15.0. The molecule has 350 valence electrons. The Morgan fingerprint density at radius 1 is 0.621 bits per heavy atom. The molecule has 2 aliphatic heterocycles. The topological polar surface area (TPSA) is 144 Å². The van der Waals surface area contributed by atoms with Crippen molar-refractivity contribution in [2.24, 2.45) is 7.05 Å². The Morgan fingerprint density at radius 3 is 1.45 bits per heavy atom. The highest BCUT2D eigenvalue weighted by molar-refractivity contribution is 5.99. The van der Waals surface area contributed by atoms with Crippen molar-refractivity contribution in [2.75, 3.05) is 36.8 Å². The molecule has 12 nitrogen and oxygen atoms in total. The number of Topliss-reactive ketones (excluding diaryl/α,β-unsaturated/α-hetero) is 2. The molecule has 0 unspecified atom stereocenters. The SMILES string of the molecule is CC(C)(C)OC(=O)Nc1ccccc1CC(=O)c1ccc(C2CCNCC2)cc1.Cc1nn(C)cc1CN1CCC(c2ccc(C(=O)Cc3ccccc3NC(=O)OC(C)(C)C)cc2)CC1. The number of amides is 2. The molecule has 2 fully saturated rings. The maximum Gasteiger partial charge on any atom is 0.412 e. The summed E-state index contributed by atoms with van der Waals surface area (Å²) in [5, 5.41) is 13.4. The number of piperidine rings is 2. The molecule has 0 bridgehead atoms. The summed E-state index contributed by atoms with van der Waals surface area (Å²) in [6.07, 6.45) is 5.97. The van der Waals surface area contributed by atoms with Gasteiger partial charge in [-0.15, -0.1) is 0 Å². The van der Waals surface area contributed by atoms with Gasteiger partial charge in [-0.3, -0.25) is 29.8 Å². The molecule has 0 aliphatic carbocycles. The molecule has 2 amide bonds. The maximum absolute atomic E-state index is 13.1. The minimum absolute atomic E-state index is 0.0200. The summed E-state index contributed by atoms with van der Waals surface area (Å²) in [4.78, 5) is 52.7. The predicted molar refractivity (Wildman–Crippen MR) is 262 cm³/mol.